The first kappa shape index (κ1) is 8.21. The summed E-state index contributed by atoms with van der Waals surface area (Å²) in [6.07, 6.45) is 0. The summed E-state index contributed by atoms with van der Waals surface area (Å²) in [5.74, 6) is 0.620. The molecular weight excluding hydrogens is 162 g/mol. The summed E-state index contributed by atoms with van der Waals surface area (Å²) in [6.45, 7) is 1.90. The molecule has 2 nitrogen and oxygen atoms in total. The van der Waals surface area contributed by atoms with E-state index in [1.54, 1.807) is 13.2 Å². The molecular formula is C8H10ClNO. The molecule has 1 rings (SSSR count). The quantitative estimate of drug-likeness (QED) is 0.658. The van der Waals surface area contributed by atoms with Crippen LogP contribution in [-0.4, -0.2) is 7.11 Å². The highest BCUT2D eigenvalue weighted by Crippen LogP contribution is 2.31. The van der Waals surface area contributed by atoms with E-state index in [4.69, 9.17) is 22.1 Å². The van der Waals surface area contributed by atoms with Gasteiger partial charge in [-0.25, -0.2) is 0 Å². The molecule has 0 saturated carbocycles. The number of methoxy groups -OCH3 is 1. The third kappa shape index (κ3) is 1.40. The van der Waals surface area contributed by atoms with E-state index in [-0.39, 0.29) is 0 Å². The van der Waals surface area contributed by atoms with Crippen molar-refractivity contribution in [3.8, 4) is 5.75 Å². The molecule has 0 aliphatic carbocycles. The highest BCUT2D eigenvalue weighted by atomic mass is 35.5. The summed E-state index contributed by atoms with van der Waals surface area (Å²) in [5.41, 5.74) is 7.20. The van der Waals surface area contributed by atoms with E-state index in [0.717, 1.165) is 5.56 Å². The Morgan fingerprint density at radius 2 is 2.09 bits per heavy atom. The second-order valence-electron chi connectivity index (χ2n) is 2.31. The molecule has 0 aliphatic rings. The normalized spacial score (nSPS) is 9.73. The zero-order valence-corrected chi connectivity index (χ0v) is 7.27. The maximum Gasteiger partial charge on any atom is 0.139 e. The Bertz CT molecular complexity index is 273. The van der Waals surface area contributed by atoms with Gasteiger partial charge in [-0.2, -0.15) is 0 Å². The molecule has 2 N–H and O–H groups in total. The molecule has 1 aromatic rings. The van der Waals surface area contributed by atoms with Crippen LogP contribution in [0.5, 0.6) is 5.75 Å². The van der Waals surface area contributed by atoms with Gasteiger partial charge in [-0.1, -0.05) is 17.7 Å². The molecule has 0 amide bonds. The Kier molecular flexibility index (Phi) is 2.25. The van der Waals surface area contributed by atoms with Crippen LogP contribution in [0.3, 0.4) is 0 Å². The Morgan fingerprint density at radius 1 is 1.45 bits per heavy atom. The first-order chi connectivity index (χ1) is 5.16. The van der Waals surface area contributed by atoms with Crippen LogP contribution in [0.15, 0.2) is 12.1 Å². The second-order valence-corrected chi connectivity index (χ2v) is 2.69. The lowest BCUT2D eigenvalue weighted by molar-refractivity contribution is 0.415. The number of benzene rings is 1. The third-order valence-electron chi connectivity index (χ3n) is 1.58. The van der Waals surface area contributed by atoms with Crippen molar-refractivity contribution in [2.24, 2.45) is 0 Å². The van der Waals surface area contributed by atoms with Gasteiger partial charge in [0.25, 0.3) is 0 Å². The standard InChI is InChI=1S/C8H10ClNO/c1-5-3-4-6(11-2)7(9)8(5)10/h3-4H,10H2,1-2H3. The fourth-order valence-electron chi connectivity index (χ4n) is 0.827. The highest BCUT2D eigenvalue weighted by molar-refractivity contribution is 6.34. The van der Waals surface area contributed by atoms with Gasteiger partial charge in [0.1, 0.15) is 10.8 Å². The van der Waals surface area contributed by atoms with Crippen molar-refractivity contribution in [3.05, 3.63) is 22.7 Å². The zero-order chi connectivity index (χ0) is 8.43. The van der Waals surface area contributed by atoms with Crippen molar-refractivity contribution >= 4 is 17.3 Å². The van der Waals surface area contributed by atoms with Gasteiger partial charge in [0, 0.05) is 0 Å². The molecule has 0 spiro atoms. The minimum absolute atomic E-state index is 0.493. The maximum absolute atomic E-state index is 5.85. The minimum atomic E-state index is 0.493. The lowest BCUT2D eigenvalue weighted by Crippen LogP contribution is -1.93. The predicted molar refractivity (Wildman–Crippen MR) is 47.2 cm³/mol. The third-order valence-corrected chi connectivity index (χ3v) is 1.97. The van der Waals surface area contributed by atoms with E-state index in [0.29, 0.717) is 16.5 Å². The minimum Gasteiger partial charge on any atom is -0.495 e. The largest absolute Gasteiger partial charge is 0.495 e. The maximum atomic E-state index is 5.85. The second kappa shape index (κ2) is 3.01. The summed E-state index contributed by atoms with van der Waals surface area (Å²) in [5, 5.41) is 0.493. The Morgan fingerprint density at radius 3 is 2.64 bits per heavy atom. The van der Waals surface area contributed by atoms with Crippen LogP contribution < -0.4 is 10.5 Å². The van der Waals surface area contributed by atoms with Crippen molar-refractivity contribution in [2.45, 2.75) is 6.92 Å². The number of aryl methyl sites for hydroxylation is 1. The van der Waals surface area contributed by atoms with E-state index >= 15 is 0 Å². The first-order valence-electron chi connectivity index (χ1n) is 3.25. The van der Waals surface area contributed by atoms with Crippen molar-refractivity contribution in [2.75, 3.05) is 12.8 Å². The number of hydrogen-bond acceptors (Lipinski definition) is 2. The molecule has 0 fully saturated rings. The summed E-state index contributed by atoms with van der Waals surface area (Å²) >= 11 is 5.85. The Balaban J connectivity index is 3.25. The molecule has 0 bridgehead atoms. The molecule has 0 radical (unpaired) electrons. The SMILES string of the molecule is COc1ccc(C)c(N)c1Cl. The van der Waals surface area contributed by atoms with E-state index in [1.807, 2.05) is 13.0 Å². The molecule has 60 valence electrons. The predicted octanol–water partition coefficient (Wildman–Crippen LogP) is 2.24. The van der Waals surface area contributed by atoms with Gasteiger partial charge in [0.15, 0.2) is 0 Å². The Labute approximate surface area is 70.9 Å². The highest BCUT2D eigenvalue weighted by Gasteiger charge is 2.05. The van der Waals surface area contributed by atoms with Crippen molar-refractivity contribution < 1.29 is 4.74 Å². The van der Waals surface area contributed by atoms with Gasteiger partial charge in [-0.05, 0) is 18.6 Å². The molecule has 0 aromatic heterocycles. The lowest BCUT2D eigenvalue weighted by Gasteiger charge is -2.06. The van der Waals surface area contributed by atoms with E-state index in [2.05, 4.69) is 0 Å². The van der Waals surface area contributed by atoms with Crippen LogP contribution in [0.2, 0.25) is 5.02 Å². The average molecular weight is 172 g/mol. The summed E-state index contributed by atoms with van der Waals surface area (Å²) in [6, 6.07) is 3.67. The lowest BCUT2D eigenvalue weighted by atomic mass is 10.2. The molecule has 0 saturated heterocycles. The number of nitrogens with two attached hydrogens (primary N) is 1. The van der Waals surface area contributed by atoms with Crippen molar-refractivity contribution in [1.29, 1.82) is 0 Å². The zero-order valence-electron chi connectivity index (χ0n) is 6.52. The van der Waals surface area contributed by atoms with Crippen LogP contribution in [-0.2, 0) is 0 Å². The number of anilines is 1. The Hall–Kier alpha value is -0.890. The first-order valence-corrected chi connectivity index (χ1v) is 3.63. The molecule has 1 aromatic carbocycles. The van der Waals surface area contributed by atoms with Crippen molar-refractivity contribution in [3.63, 3.8) is 0 Å². The smallest absolute Gasteiger partial charge is 0.139 e. The molecule has 0 atom stereocenters. The van der Waals surface area contributed by atoms with Gasteiger partial charge in [0.05, 0.1) is 12.8 Å². The van der Waals surface area contributed by atoms with Crippen LogP contribution in [0.4, 0.5) is 5.69 Å². The van der Waals surface area contributed by atoms with E-state index in [1.165, 1.54) is 0 Å². The molecule has 3 heteroatoms. The fraction of sp³-hybridized carbons (Fsp3) is 0.250. The summed E-state index contributed by atoms with van der Waals surface area (Å²) in [7, 11) is 1.57. The van der Waals surface area contributed by atoms with Crippen LogP contribution >= 0.6 is 11.6 Å². The summed E-state index contributed by atoms with van der Waals surface area (Å²) < 4.78 is 4.97. The number of rotatable bonds is 1. The number of hydrogen-bond donors (Lipinski definition) is 1. The summed E-state index contributed by atoms with van der Waals surface area (Å²) in [4.78, 5) is 0. The number of halogens is 1. The van der Waals surface area contributed by atoms with Gasteiger partial charge in [0.2, 0.25) is 0 Å². The average Bonchev–Trinajstić information content (AvgIpc) is 2.01. The van der Waals surface area contributed by atoms with E-state index < -0.39 is 0 Å². The molecule has 0 aliphatic heterocycles. The van der Waals surface area contributed by atoms with Gasteiger partial charge in [-0.3, -0.25) is 0 Å². The van der Waals surface area contributed by atoms with Crippen LogP contribution in [0, 0.1) is 6.92 Å². The number of nitrogen functional groups attached to an aromatic ring is 1. The van der Waals surface area contributed by atoms with Crippen LogP contribution in [0.1, 0.15) is 5.56 Å². The topological polar surface area (TPSA) is 35.2 Å². The van der Waals surface area contributed by atoms with Gasteiger partial charge in [-0.15, -0.1) is 0 Å². The fourth-order valence-corrected chi connectivity index (χ4v) is 1.12. The number of ether oxygens (including phenoxy) is 1. The van der Waals surface area contributed by atoms with Gasteiger partial charge < -0.3 is 10.5 Å². The van der Waals surface area contributed by atoms with E-state index in [9.17, 15) is 0 Å². The van der Waals surface area contributed by atoms with Crippen molar-refractivity contribution in [1.82, 2.24) is 0 Å². The monoisotopic (exact) mass is 171 g/mol. The molecule has 0 heterocycles. The van der Waals surface area contributed by atoms with Gasteiger partial charge >= 0.3 is 0 Å². The molecule has 11 heavy (non-hydrogen) atoms. The molecule has 0 unspecified atom stereocenters. The van der Waals surface area contributed by atoms with Crippen LogP contribution in [0.25, 0.3) is 0 Å².